The number of esters is 1. The first-order chi connectivity index (χ1) is 7.26. The molecule has 0 fully saturated rings. The maximum Gasteiger partial charge on any atom is 0.328 e. The zero-order chi connectivity index (χ0) is 12.9. The Morgan fingerprint density at radius 3 is 2.19 bits per heavy atom. The largest absolute Gasteiger partial charge is 0.467 e. The fraction of sp³-hybridized carbons (Fsp3) is 0.818. The number of halogens is 1. The molecule has 1 atom stereocenters. The molecule has 1 N–H and O–H groups in total. The summed E-state index contributed by atoms with van der Waals surface area (Å²) < 4.78 is 4.63. The van der Waals surface area contributed by atoms with Crippen molar-refractivity contribution in [1.29, 1.82) is 0 Å². The molecule has 0 aromatic carbocycles. The normalized spacial score (nSPS) is 13.4. The van der Waals surface area contributed by atoms with Crippen molar-refractivity contribution in [3.63, 3.8) is 0 Å². The summed E-state index contributed by atoms with van der Waals surface area (Å²) >= 11 is 5.69. The van der Waals surface area contributed by atoms with Crippen LogP contribution >= 0.6 is 11.6 Å². The summed E-state index contributed by atoms with van der Waals surface area (Å²) in [4.78, 5) is 23.3. The predicted molar refractivity (Wildman–Crippen MR) is 63.3 cm³/mol. The maximum absolute atomic E-state index is 11.8. The van der Waals surface area contributed by atoms with Crippen molar-refractivity contribution in [2.75, 3.05) is 13.0 Å². The first-order valence-electron chi connectivity index (χ1n) is 5.21. The Morgan fingerprint density at radius 1 is 1.38 bits per heavy atom. The number of alkyl halides is 1. The van der Waals surface area contributed by atoms with Crippen molar-refractivity contribution < 1.29 is 14.3 Å². The number of methoxy groups -OCH3 is 1. The topological polar surface area (TPSA) is 55.4 Å². The minimum atomic E-state index is -0.692. The molecule has 4 nitrogen and oxygen atoms in total. The Bertz CT molecular complexity index is 264. The predicted octanol–water partition coefficient (Wildman–Crippen LogP) is 1.57. The summed E-state index contributed by atoms with van der Waals surface area (Å²) in [5, 5.41) is 2.66. The van der Waals surface area contributed by atoms with Crippen molar-refractivity contribution in [2.24, 2.45) is 11.3 Å². The fourth-order valence-corrected chi connectivity index (χ4v) is 1.14. The minimum absolute atomic E-state index is 0.0254. The molecule has 0 bridgehead atoms. The Balaban J connectivity index is 4.65. The highest BCUT2D eigenvalue weighted by molar-refractivity contribution is 6.19. The lowest BCUT2D eigenvalue weighted by Gasteiger charge is -2.26. The summed E-state index contributed by atoms with van der Waals surface area (Å²) in [5.74, 6) is -0.506. The third kappa shape index (κ3) is 4.00. The van der Waals surface area contributed by atoms with Gasteiger partial charge in [0.1, 0.15) is 6.04 Å². The van der Waals surface area contributed by atoms with Gasteiger partial charge in [-0.25, -0.2) is 4.79 Å². The van der Waals surface area contributed by atoms with Gasteiger partial charge < -0.3 is 10.1 Å². The van der Waals surface area contributed by atoms with E-state index >= 15 is 0 Å². The molecule has 0 radical (unpaired) electrons. The van der Waals surface area contributed by atoms with Crippen molar-refractivity contribution in [2.45, 2.75) is 33.7 Å². The lowest BCUT2D eigenvalue weighted by molar-refractivity contribution is -0.147. The molecule has 0 spiro atoms. The molecule has 0 aromatic rings. The molecule has 0 aliphatic rings. The number of nitrogens with one attached hydrogen (secondary N) is 1. The van der Waals surface area contributed by atoms with E-state index in [-0.39, 0.29) is 17.7 Å². The highest BCUT2D eigenvalue weighted by atomic mass is 35.5. The molecule has 0 saturated carbocycles. The molecule has 0 saturated heterocycles. The molecule has 1 amide bonds. The monoisotopic (exact) mass is 249 g/mol. The average molecular weight is 250 g/mol. The highest BCUT2D eigenvalue weighted by Gasteiger charge is 2.32. The van der Waals surface area contributed by atoms with Crippen LogP contribution in [0.4, 0.5) is 0 Å². The van der Waals surface area contributed by atoms with Crippen molar-refractivity contribution in [1.82, 2.24) is 5.32 Å². The molecule has 16 heavy (non-hydrogen) atoms. The van der Waals surface area contributed by atoms with E-state index in [2.05, 4.69) is 10.1 Å². The van der Waals surface area contributed by atoms with Crippen LogP contribution in [0.2, 0.25) is 0 Å². The van der Waals surface area contributed by atoms with Crippen LogP contribution in [0.15, 0.2) is 0 Å². The van der Waals surface area contributed by atoms with Crippen LogP contribution in [-0.2, 0) is 14.3 Å². The lowest BCUT2D eigenvalue weighted by atomic mass is 9.93. The van der Waals surface area contributed by atoms with Crippen LogP contribution < -0.4 is 5.32 Å². The Labute approximate surface area is 102 Å². The van der Waals surface area contributed by atoms with Gasteiger partial charge in [0.05, 0.1) is 12.5 Å². The van der Waals surface area contributed by atoms with Crippen molar-refractivity contribution >= 4 is 23.5 Å². The third-order valence-electron chi connectivity index (χ3n) is 2.36. The van der Waals surface area contributed by atoms with Gasteiger partial charge in [0.2, 0.25) is 5.91 Å². The van der Waals surface area contributed by atoms with Crippen LogP contribution in [-0.4, -0.2) is 30.9 Å². The second-order valence-electron chi connectivity index (χ2n) is 4.74. The van der Waals surface area contributed by atoms with Crippen LogP contribution in [0.25, 0.3) is 0 Å². The summed E-state index contributed by atoms with van der Waals surface area (Å²) in [6, 6.07) is -0.625. The quantitative estimate of drug-likeness (QED) is 0.594. The molecule has 0 rings (SSSR count). The van der Waals surface area contributed by atoms with Gasteiger partial charge in [0, 0.05) is 5.88 Å². The first-order valence-corrected chi connectivity index (χ1v) is 5.74. The average Bonchev–Trinajstić information content (AvgIpc) is 2.23. The van der Waals surface area contributed by atoms with Gasteiger partial charge in [-0.1, -0.05) is 13.8 Å². The Kier molecular flexibility index (Phi) is 5.79. The fourth-order valence-electron chi connectivity index (χ4n) is 1.02. The molecule has 0 aliphatic heterocycles. The standard InChI is InChI=1S/C11H20ClNO3/c1-7(2)8(9(14)16-5)13-10(15)11(3,4)6-12/h7-8H,6H2,1-5H3,(H,13,15)/t8-/m0/s1. The van der Waals surface area contributed by atoms with Crippen molar-refractivity contribution in [3.05, 3.63) is 0 Å². The molecule has 0 aromatic heterocycles. The van der Waals surface area contributed by atoms with Crippen LogP contribution in [0.3, 0.4) is 0 Å². The Morgan fingerprint density at radius 2 is 1.88 bits per heavy atom. The second-order valence-corrected chi connectivity index (χ2v) is 5.00. The van der Waals surface area contributed by atoms with E-state index in [0.717, 1.165) is 0 Å². The maximum atomic E-state index is 11.8. The molecule has 0 heterocycles. The van der Waals surface area contributed by atoms with Crippen LogP contribution in [0, 0.1) is 11.3 Å². The van der Waals surface area contributed by atoms with E-state index < -0.39 is 17.4 Å². The number of carbonyl (C=O) groups is 2. The summed E-state index contributed by atoms with van der Waals surface area (Å²) in [5.41, 5.74) is -0.692. The third-order valence-corrected chi connectivity index (χ3v) is 3.03. The van der Waals surface area contributed by atoms with E-state index in [0.29, 0.717) is 0 Å². The van der Waals surface area contributed by atoms with Gasteiger partial charge in [-0.05, 0) is 19.8 Å². The Hall–Kier alpha value is -0.770. The van der Waals surface area contributed by atoms with Gasteiger partial charge in [-0.15, -0.1) is 11.6 Å². The van der Waals surface area contributed by atoms with Gasteiger partial charge in [0.25, 0.3) is 0 Å². The van der Waals surface area contributed by atoms with Crippen LogP contribution in [0.1, 0.15) is 27.7 Å². The summed E-state index contributed by atoms with van der Waals surface area (Å²) in [6.07, 6.45) is 0. The van der Waals surface area contributed by atoms with Crippen LogP contribution in [0.5, 0.6) is 0 Å². The highest BCUT2D eigenvalue weighted by Crippen LogP contribution is 2.18. The van der Waals surface area contributed by atoms with Gasteiger partial charge in [-0.2, -0.15) is 0 Å². The van der Waals surface area contributed by atoms with E-state index in [1.807, 2.05) is 13.8 Å². The smallest absolute Gasteiger partial charge is 0.328 e. The molecule has 0 aliphatic carbocycles. The number of carbonyl (C=O) groups excluding carboxylic acids is 2. The second kappa shape index (κ2) is 6.09. The van der Waals surface area contributed by atoms with E-state index in [4.69, 9.17) is 11.6 Å². The van der Waals surface area contributed by atoms with Gasteiger partial charge >= 0.3 is 5.97 Å². The minimum Gasteiger partial charge on any atom is -0.467 e. The summed E-state index contributed by atoms with van der Waals surface area (Å²) in [6.45, 7) is 7.14. The van der Waals surface area contributed by atoms with E-state index in [1.54, 1.807) is 13.8 Å². The van der Waals surface area contributed by atoms with E-state index in [9.17, 15) is 9.59 Å². The zero-order valence-corrected chi connectivity index (χ0v) is 11.2. The SMILES string of the molecule is COC(=O)[C@@H](NC(=O)C(C)(C)CCl)C(C)C. The van der Waals surface area contributed by atoms with E-state index in [1.165, 1.54) is 7.11 Å². The molecular formula is C11H20ClNO3. The molecule has 5 heteroatoms. The molecule has 94 valence electrons. The van der Waals surface area contributed by atoms with Gasteiger partial charge in [-0.3, -0.25) is 4.79 Å². The number of ether oxygens (including phenoxy) is 1. The summed E-state index contributed by atoms with van der Waals surface area (Å²) in [7, 11) is 1.30. The molecule has 0 unspecified atom stereocenters. The molecular weight excluding hydrogens is 230 g/mol. The lowest BCUT2D eigenvalue weighted by Crippen LogP contribution is -2.50. The van der Waals surface area contributed by atoms with Gasteiger partial charge in [0.15, 0.2) is 0 Å². The zero-order valence-electron chi connectivity index (χ0n) is 10.5. The number of rotatable bonds is 5. The number of amides is 1. The number of hydrogen-bond acceptors (Lipinski definition) is 3. The first kappa shape index (κ1) is 15.2. The number of hydrogen-bond donors (Lipinski definition) is 1. The van der Waals surface area contributed by atoms with Crippen molar-refractivity contribution in [3.8, 4) is 0 Å².